The molecule has 0 aliphatic heterocycles. The van der Waals surface area contributed by atoms with Crippen molar-refractivity contribution in [2.45, 2.75) is 6.54 Å². The molecule has 5 nitrogen and oxygen atoms in total. The van der Waals surface area contributed by atoms with E-state index in [0.29, 0.717) is 17.5 Å². The molecular formula is C20H14N2O3S. The Labute approximate surface area is 152 Å². The first-order chi connectivity index (χ1) is 12.7. The van der Waals surface area contributed by atoms with E-state index in [9.17, 15) is 9.59 Å². The fourth-order valence-corrected chi connectivity index (χ4v) is 3.32. The van der Waals surface area contributed by atoms with Gasteiger partial charge in [-0.25, -0.2) is 0 Å². The van der Waals surface area contributed by atoms with E-state index in [-0.39, 0.29) is 11.2 Å². The third-order valence-corrected chi connectivity index (χ3v) is 4.80. The van der Waals surface area contributed by atoms with Gasteiger partial charge in [-0.15, -0.1) is 11.3 Å². The molecule has 0 saturated carbocycles. The van der Waals surface area contributed by atoms with Crippen molar-refractivity contribution in [3.63, 3.8) is 0 Å². The van der Waals surface area contributed by atoms with Gasteiger partial charge in [0.05, 0.1) is 16.0 Å². The van der Waals surface area contributed by atoms with Crippen LogP contribution in [-0.4, -0.2) is 10.9 Å². The van der Waals surface area contributed by atoms with E-state index in [0.717, 1.165) is 16.1 Å². The van der Waals surface area contributed by atoms with Crippen molar-refractivity contribution < 1.29 is 9.21 Å². The van der Waals surface area contributed by atoms with Gasteiger partial charge in [-0.2, -0.15) is 0 Å². The minimum Gasteiger partial charge on any atom is -0.451 e. The van der Waals surface area contributed by atoms with Gasteiger partial charge in [0.25, 0.3) is 5.91 Å². The van der Waals surface area contributed by atoms with Gasteiger partial charge < -0.3 is 9.73 Å². The average Bonchev–Trinajstić information content (AvgIpc) is 3.21. The van der Waals surface area contributed by atoms with Crippen LogP contribution in [0.2, 0.25) is 0 Å². The maximum atomic E-state index is 12.4. The molecule has 0 radical (unpaired) electrons. The summed E-state index contributed by atoms with van der Waals surface area (Å²) < 4.78 is 5.55. The molecule has 0 atom stereocenters. The Balaban J connectivity index is 1.53. The number of rotatable bonds is 4. The van der Waals surface area contributed by atoms with Crippen molar-refractivity contribution in [3.05, 3.63) is 87.7 Å². The molecule has 0 bridgehead atoms. The highest BCUT2D eigenvalue weighted by Crippen LogP contribution is 2.23. The molecule has 1 amide bonds. The summed E-state index contributed by atoms with van der Waals surface area (Å²) in [7, 11) is 0. The van der Waals surface area contributed by atoms with Crippen molar-refractivity contribution in [2.75, 3.05) is 0 Å². The number of pyridine rings is 1. The predicted molar refractivity (Wildman–Crippen MR) is 101 cm³/mol. The molecule has 6 heteroatoms. The van der Waals surface area contributed by atoms with Crippen LogP contribution in [0.4, 0.5) is 0 Å². The lowest BCUT2D eigenvalue weighted by atomic mass is 10.2. The second kappa shape index (κ2) is 6.93. The lowest BCUT2D eigenvalue weighted by molar-refractivity contribution is 0.0923. The number of benzene rings is 1. The zero-order chi connectivity index (χ0) is 17.9. The van der Waals surface area contributed by atoms with Gasteiger partial charge in [-0.05, 0) is 41.3 Å². The first kappa shape index (κ1) is 16.2. The number of carbonyl (C=O) groups is 1. The summed E-state index contributed by atoms with van der Waals surface area (Å²) in [5.74, 6) is -0.427. The molecule has 1 aromatic carbocycles. The monoisotopic (exact) mass is 362 g/mol. The zero-order valence-corrected chi connectivity index (χ0v) is 14.5. The highest BCUT2D eigenvalue weighted by Gasteiger charge is 2.12. The van der Waals surface area contributed by atoms with E-state index in [1.165, 1.54) is 6.07 Å². The maximum absolute atomic E-state index is 12.4. The summed E-state index contributed by atoms with van der Waals surface area (Å²) in [5, 5.41) is 5.23. The zero-order valence-electron chi connectivity index (χ0n) is 13.6. The molecule has 0 spiro atoms. The van der Waals surface area contributed by atoms with E-state index in [1.807, 2.05) is 29.6 Å². The second-order valence-electron chi connectivity index (χ2n) is 5.68. The van der Waals surface area contributed by atoms with Crippen molar-refractivity contribution in [2.24, 2.45) is 0 Å². The fourth-order valence-electron chi connectivity index (χ4n) is 2.63. The van der Waals surface area contributed by atoms with Gasteiger partial charge in [0.15, 0.2) is 11.2 Å². The van der Waals surface area contributed by atoms with Crippen LogP contribution < -0.4 is 10.7 Å². The number of thiophene rings is 1. The molecule has 26 heavy (non-hydrogen) atoms. The molecule has 0 aliphatic carbocycles. The number of hydrogen-bond donors (Lipinski definition) is 1. The Hall–Kier alpha value is -3.25. The predicted octanol–water partition coefficient (Wildman–Crippen LogP) is 3.85. The summed E-state index contributed by atoms with van der Waals surface area (Å²) in [6, 6.07) is 15.8. The van der Waals surface area contributed by atoms with Crippen molar-refractivity contribution in [1.29, 1.82) is 0 Å². The smallest absolute Gasteiger partial charge is 0.287 e. The summed E-state index contributed by atoms with van der Waals surface area (Å²) in [6.07, 6.45) is 1.71. The number of para-hydroxylation sites is 1. The lowest BCUT2D eigenvalue weighted by Crippen LogP contribution is -2.24. The van der Waals surface area contributed by atoms with Crippen molar-refractivity contribution in [3.8, 4) is 10.6 Å². The highest BCUT2D eigenvalue weighted by atomic mass is 32.1. The highest BCUT2D eigenvalue weighted by molar-refractivity contribution is 7.13. The molecule has 4 aromatic rings. The van der Waals surface area contributed by atoms with Gasteiger partial charge in [0.1, 0.15) is 5.58 Å². The third kappa shape index (κ3) is 3.27. The standard InChI is InChI=1S/C20H14N2O3S/c23-16-11-18(25-17-5-2-1-4-14(16)17)20(24)22-12-13-7-8-21-15(10-13)19-6-3-9-26-19/h1-11H,12H2,(H,22,24). The van der Waals surface area contributed by atoms with Crippen molar-refractivity contribution >= 4 is 28.2 Å². The summed E-state index contributed by atoms with van der Waals surface area (Å²) in [5.41, 5.74) is 1.94. The molecule has 4 rings (SSSR count). The molecule has 3 aromatic heterocycles. The van der Waals surface area contributed by atoms with Gasteiger partial charge >= 0.3 is 0 Å². The number of nitrogens with one attached hydrogen (secondary N) is 1. The van der Waals surface area contributed by atoms with E-state index < -0.39 is 5.91 Å². The molecule has 128 valence electrons. The molecular weight excluding hydrogens is 348 g/mol. The Morgan fingerprint density at radius 3 is 2.85 bits per heavy atom. The normalized spacial score (nSPS) is 10.8. The summed E-state index contributed by atoms with van der Waals surface area (Å²) in [4.78, 5) is 29.9. The number of hydrogen-bond acceptors (Lipinski definition) is 5. The molecule has 0 unspecified atom stereocenters. The van der Waals surface area contributed by atoms with Crippen LogP contribution in [0.5, 0.6) is 0 Å². The van der Waals surface area contributed by atoms with Crippen LogP contribution in [0.1, 0.15) is 16.1 Å². The largest absolute Gasteiger partial charge is 0.451 e. The quantitative estimate of drug-likeness (QED) is 0.599. The molecule has 0 fully saturated rings. The second-order valence-corrected chi connectivity index (χ2v) is 6.63. The van der Waals surface area contributed by atoms with Gasteiger partial charge in [-0.1, -0.05) is 18.2 Å². The van der Waals surface area contributed by atoms with Gasteiger partial charge in [-0.3, -0.25) is 14.6 Å². The van der Waals surface area contributed by atoms with E-state index in [4.69, 9.17) is 4.42 Å². The SMILES string of the molecule is O=C(NCc1ccnc(-c2cccs2)c1)c1cc(=O)c2ccccc2o1. The number of carbonyl (C=O) groups excluding carboxylic acids is 1. The van der Waals surface area contributed by atoms with Crippen LogP contribution in [-0.2, 0) is 6.54 Å². The summed E-state index contributed by atoms with van der Waals surface area (Å²) >= 11 is 1.61. The molecule has 0 saturated heterocycles. The minimum absolute atomic E-state index is 0.00114. The van der Waals surface area contributed by atoms with E-state index >= 15 is 0 Å². The first-order valence-electron chi connectivity index (χ1n) is 8.00. The number of fused-ring (bicyclic) bond motifs is 1. The lowest BCUT2D eigenvalue weighted by Gasteiger charge is -2.06. The topological polar surface area (TPSA) is 72.2 Å². The van der Waals surface area contributed by atoms with E-state index in [2.05, 4.69) is 10.3 Å². The fraction of sp³-hybridized carbons (Fsp3) is 0.0500. The number of aromatic nitrogens is 1. The maximum Gasteiger partial charge on any atom is 0.287 e. The first-order valence-corrected chi connectivity index (χ1v) is 8.88. The Kier molecular flexibility index (Phi) is 4.33. The van der Waals surface area contributed by atoms with E-state index in [1.54, 1.807) is 41.8 Å². The molecule has 1 N–H and O–H groups in total. The third-order valence-electron chi connectivity index (χ3n) is 3.91. The van der Waals surface area contributed by atoms with Crippen LogP contribution in [0.3, 0.4) is 0 Å². The van der Waals surface area contributed by atoms with Crippen LogP contribution in [0.15, 0.2) is 75.4 Å². The van der Waals surface area contributed by atoms with Crippen LogP contribution in [0, 0.1) is 0 Å². The minimum atomic E-state index is -0.428. The van der Waals surface area contributed by atoms with Crippen LogP contribution >= 0.6 is 11.3 Å². The van der Waals surface area contributed by atoms with Gasteiger partial charge in [0.2, 0.25) is 0 Å². The van der Waals surface area contributed by atoms with Crippen molar-refractivity contribution in [1.82, 2.24) is 10.3 Å². The molecule has 0 aliphatic rings. The Morgan fingerprint density at radius 2 is 2.00 bits per heavy atom. The van der Waals surface area contributed by atoms with Gasteiger partial charge in [0, 0.05) is 18.8 Å². The average molecular weight is 362 g/mol. The Bertz CT molecular complexity index is 1130. The van der Waals surface area contributed by atoms with Crippen LogP contribution in [0.25, 0.3) is 21.5 Å². The number of nitrogens with zero attached hydrogens (tertiary/aromatic N) is 1. The summed E-state index contributed by atoms with van der Waals surface area (Å²) in [6.45, 7) is 0.316. The number of amides is 1. The molecule has 3 heterocycles. The Morgan fingerprint density at radius 1 is 1.12 bits per heavy atom.